The van der Waals surface area contributed by atoms with Gasteiger partial charge in [-0.05, 0) is 17.7 Å². The predicted octanol–water partition coefficient (Wildman–Crippen LogP) is 2.37. The Morgan fingerprint density at radius 2 is 1.76 bits per heavy atom. The molecule has 116 valence electrons. The molecule has 0 radical (unpaired) electrons. The molecular weight excluding hydrogens is 272 g/mol. The molecule has 2 saturated heterocycles. The van der Waals surface area contributed by atoms with Crippen LogP contribution in [0.5, 0.6) is 5.75 Å². The van der Waals surface area contributed by atoms with Crippen molar-refractivity contribution >= 4 is 0 Å². The van der Waals surface area contributed by atoms with Crippen molar-refractivity contribution in [3.8, 4) is 5.75 Å². The van der Waals surface area contributed by atoms with Crippen molar-refractivity contribution in [2.24, 2.45) is 0 Å². The zero-order chi connectivity index (χ0) is 14.5. The summed E-state index contributed by atoms with van der Waals surface area (Å²) in [5, 5.41) is 0. The van der Waals surface area contributed by atoms with Crippen LogP contribution in [0.15, 0.2) is 24.3 Å². The number of nitrogens with zero attached hydrogens (tertiary/aromatic N) is 1. The highest BCUT2D eigenvalue weighted by Gasteiger charge is 2.39. The summed E-state index contributed by atoms with van der Waals surface area (Å²) in [5.74, 6) is 0.419. The highest BCUT2D eigenvalue weighted by atomic mass is 18.2. The average Bonchev–Trinajstić information content (AvgIpc) is 2.98. The molecule has 0 bridgehead atoms. The van der Waals surface area contributed by atoms with E-state index in [1.54, 1.807) is 0 Å². The van der Waals surface area contributed by atoms with Gasteiger partial charge in [0, 0.05) is 32.5 Å². The number of hydrogen-bond acceptors (Lipinski definition) is 4. The van der Waals surface area contributed by atoms with E-state index in [1.807, 2.05) is 24.3 Å². The quantitative estimate of drug-likeness (QED) is 0.834. The van der Waals surface area contributed by atoms with Crippen LogP contribution >= 0.6 is 0 Å². The van der Waals surface area contributed by atoms with Crippen LogP contribution in [0.2, 0.25) is 0 Å². The number of benzene rings is 1. The van der Waals surface area contributed by atoms with Crippen LogP contribution in [-0.2, 0) is 16.0 Å². The van der Waals surface area contributed by atoms with Crippen molar-refractivity contribution < 1.29 is 18.6 Å². The minimum absolute atomic E-state index is 0.119. The summed E-state index contributed by atoms with van der Waals surface area (Å²) in [4.78, 5) is 2.41. The van der Waals surface area contributed by atoms with Gasteiger partial charge in [0.25, 0.3) is 0 Å². The standard InChI is InChI=1S/C16H22FNO3/c17-7-10-19-15-3-1-14(2-4-15)13-18-8-5-16(6-9-18)20-11-12-21-16/h1-4H,5-13H2/i17-1. The number of halogens is 1. The minimum atomic E-state index is -0.457. The molecule has 0 amide bonds. The first-order valence-electron chi connectivity index (χ1n) is 7.58. The summed E-state index contributed by atoms with van der Waals surface area (Å²) >= 11 is 0. The first kappa shape index (κ1) is 14.8. The fourth-order valence-electron chi connectivity index (χ4n) is 2.94. The Morgan fingerprint density at radius 3 is 2.38 bits per heavy atom. The summed E-state index contributed by atoms with van der Waals surface area (Å²) in [5.41, 5.74) is 1.24. The van der Waals surface area contributed by atoms with E-state index in [2.05, 4.69) is 4.90 Å². The van der Waals surface area contributed by atoms with E-state index in [0.717, 1.165) is 51.4 Å². The van der Waals surface area contributed by atoms with Gasteiger partial charge in [0.1, 0.15) is 19.0 Å². The van der Waals surface area contributed by atoms with Gasteiger partial charge < -0.3 is 14.2 Å². The molecule has 0 saturated carbocycles. The molecule has 2 fully saturated rings. The number of ether oxygens (including phenoxy) is 3. The molecule has 4 nitrogen and oxygen atoms in total. The molecule has 2 aliphatic heterocycles. The molecule has 1 aromatic carbocycles. The van der Waals surface area contributed by atoms with Gasteiger partial charge in [-0.3, -0.25) is 4.90 Å². The van der Waals surface area contributed by atoms with Crippen molar-refractivity contribution in [1.29, 1.82) is 0 Å². The van der Waals surface area contributed by atoms with Crippen LogP contribution in [0, 0.1) is 0 Å². The molecule has 2 aliphatic rings. The molecule has 0 N–H and O–H groups in total. The monoisotopic (exact) mass is 294 g/mol. The maximum Gasteiger partial charge on any atom is 0.170 e. The van der Waals surface area contributed by atoms with Gasteiger partial charge in [-0.15, -0.1) is 0 Å². The SMILES string of the molecule is [18F]CCOc1ccc(CN2CCC3(CC2)OCCO3)cc1. The van der Waals surface area contributed by atoms with Crippen molar-refractivity contribution in [1.82, 2.24) is 4.90 Å². The van der Waals surface area contributed by atoms with Gasteiger partial charge in [0.05, 0.1) is 13.2 Å². The molecule has 0 aliphatic carbocycles. The number of hydrogen-bond donors (Lipinski definition) is 0. The Hall–Kier alpha value is -1.17. The summed E-state index contributed by atoms with van der Waals surface area (Å²) < 4.78 is 28.8. The van der Waals surface area contributed by atoms with Crippen molar-refractivity contribution in [2.75, 3.05) is 39.6 Å². The van der Waals surface area contributed by atoms with Crippen LogP contribution in [0.1, 0.15) is 18.4 Å². The van der Waals surface area contributed by atoms with E-state index in [1.165, 1.54) is 5.56 Å². The smallest absolute Gasteiger partial charge is 0.170 e. The Labute approximate surface area is 124 Å². The first-order valence-corrected chi connectivity index (χ1v) is 7.58. The van der Waals surface area contributed by atoms with Crippen LogP contribution in [0.4, 0.5) is 4.39 Å². The summed E-state index contributed by atoms with van der Waals surface area (Å²) in [7, 11) is 0. The molecule has 1 spiro atoms. The molecular formula is C16H22FNO3. The second kappa shape index (κ2) is 6.73. The zero-order valence-electron chi connectivity index (χ0n) is 12.2. The molecule has 0 unspecified atom stereocenters. The van der Waals surface area contributed by atoms with E-state index in [-0.39, 0.29) is 12.4 Å². The van der Waals surface area contributed by atoms with E-state index in [0.29, 0.717) is 0 Å². The number of piperidine rings is 1. The number of likely N-dealkylation sites (tertiary alicyclic amines) is 1. The predicted molar refractivity (Wildman–Crippen MR) is 77.1 cm³/mol. The van der Waals surface area contributed by atoms with Gasteiger partial charge >= 0.3 is 0 Å². The maximum absolute atomic E-state index is 12.0. The van der Waals surface area contributed by atoms with Crippen LogP contribution < -0.4 is 4.74 Å². The summed E-state index contributed by atoms with van der Waals surface area (Å²) in [6, 6.07) is 7.89. The highest BCUT2D eigenvalue weighted by Crippen LogP contribution is 2.31. The molecule has 21 heavy (non-hydrogen) atoms. The van der Waals surface area contributed by atoms with Gasteiger partial charge in [0.15, 0.2) is 5.79 Å². The largest absolute Gasteiger partial charge is 0.491 e. The normalized spacial score (nSPS) is 21.8. The van der Waals surface area contributed by atoms with Gasteiger partial charge in [-0.2, -0.15) is 0 Å². The molecule has 5 heteroatoms. The van der Waals surface area contributed by atoms with E-state index in [9.17, 15) is 4.39 Å². The molecule has 1 aromatic rings. The molecule has 2 heterocycles. The first-order chi connectivity index (χ1) is 10.3. The second-order valence-corrected chi connectivity index (χ2v) is 5.57. The van der Waals surface area contributed by atoms with Crippen molar-refractivity contribution in [3.05, 3.63) is 29.8 Å². The van der Waals surface area contributed by atoms with Crippen LogP contribution in [0.3, 0.4) is 0 Å². The zero-order valence-corrected chi connectivity index (χ0v) is 12.2. The van der Waals surface area contributed by atoms with Crippen molar-refractivity contribution in [2.45, 2.75) is 25.2 Å². The van der Waals surface area contributed by atoms with Crippen LogP contribution in [0.25, 0.3) is 0 Å². The van der Waals surface area contributed by atoms with Crippen LogP contribution in [-0.4, -0.2) is 50.3 Å². The lowest BCUT2D eigenvalue weighted by Gasteiger charge is -2.37. The van der Waals surface area contributed by atoms with E-state index < -0.39 is 6.67 Å². The van der Waals surface area contributed by atoms with Gasteiger partial charge in [-0.25, -0.2) is 4.39 Å². The summed E-state index contributed by atoms with van der Waals surface area (Å²) in [6.45, 7) is 4.00. The third kappa shape index (κ3) is 3.73. The van der Waals surface area contributed by atoms with E-state index in [4.69, 9.17) is 14.2 Å². The third-order valence-electron chi connectivity index (χ3n) is 4.11. The minimum Gasteiger partial charge on any atom is -0.491 e. The molecule has 3 rings (SSSR count). The topological polar surface area (TPSA) is 30.9 Å². The number of rotatable bonds is 5. The summed E-state index contributed by atoms with van der Waals surface area (Å²) in [6.07, 6.45) is 1.87. The van der Waals surface area contributed by atoms with Gasteiger partial charge in [0.2, 0.25) is 0 Å². The Morgan fingerprint density at radius 1 is 1.10 bits per heavy atom. The fraction of sp³-hybridized carbons (Fsp3) is 0.625. The Bertz CT molecular complexity index is 435. The maximum atomic E-state index is 12.0. The lowest BCUT2D eigenvalue weighted by atomic mass is 10.0. The second-order valence-electron chi connectivity index (χ2n) is 5.57. The molecule has 0 aromatic heterocycles. The Kier molecular flexibility index (Phi) is 4.73. The third-order valence-corrected chi connectivity index (χ3v) is 4.11. The number of alkyl halides is 1. The molecule has 0 atom stereocenters. The Balaban J connectivity index is 1.48. The van der Waals surface area contributed by atoms with Gasteiger partial charge in [-0.1, -0.05) is 12.1 Å². The average molecular weight is 294 g/mol. The fourth-order valence-corrected chi connectivity index (χ4v) is 2.94. The lowest BCUT2D eigenvalue weighted by Crippen LogP contribution is -2.44. The lowest BCUT2D eigenvalue weighted by molar-refractivity contribution is -0.185. The van der Waals surface area contributed by atoms with Crippen molar-refractivity contribution in [3.63, 3.8) is 0 Å². The highest BCUT2D eigenvalue weighted by molar-refractivity contribution is 5.27. The van der Waals surface area contributed by atoms with E-state index >= 15 is 0 Å².